The standard InChI is InChI=1S/C15H28/c1-8-13(6)10-15(12(4)5)14(7)9-11(2)3/h10,12-14H,2,8-9H2,1,3-7H3. The topological polar surface area (TPSA) is 0 Å². The van der Waals surface area contributed by atoms with Crippen molar-refractivity contribution >= 4 is 0 Å². The van der Waals surface area contributed by atoms with Gasteiger partial charge in [-0.25, -0.2) is 0 Å². The van der Waals surface area contributed by atoms with Gasteiger partial charge in [0.05, 0.1) is 0 Å². The van der Waals surface area contributed by atoms with Gasteiger partial charge in [0, 0.05) is 0 Å². The van der Waals surface area contributed by atoms with Gasteiger partial charge in [-0.1, -0.05) is 58.3 Å². The zero-order chi connectivity index (χ0) is 12.0. The molecule has 0 aromatic heterocycles. The molecule has 0 saturated heterocycles. The molecular formula is C15H28. The Morgan fingerprint density at radius 1 is 1.20 bits per heavy atom. The van der Waals surface area contributed by atoms with Crippen molar-refractivity contribution in [3.63, 3.8) is 0 Å². The van der Waals surface area contributed by atoms with Gasteiger partial charge in [-0.05, 0) is 31.1 Å². The lowest BCUT2D eigenvalue weighted by atomic mass is 9.85. The summed E-state index contributed by atoms with van der Waals surface area (Å²) in [6.45, 7) is 17.6. The lowest BCUT2D eigenvalue weighted by Crippen LogP contribution is -2.08. The lowest BCUT2D eigenvalue weighted by Gasteiger charge is -2.21. The summed E-state index contributed by atoms with van der Waals surface area (Å²) in [5.41, 5.74) is 2.89. The van der Waals surface area contributed by atoms with E-state index in [0.29, 0.717) is 17.8 Å². The van der Waals surface area contributed by atoms with Crippen LogP contribution in [0.2, 0.25) is 0 Å². The van der Waals surface area contributed by atoms with E-state index >= 15 is 0 Å². The van der Waals surface area contributed by atoms with Crippen molar-refractivity contribution in [2.75, 3.05) is 0 Å². The normalized spacial score (nSPS) is 16.6. The van der Waals surface area contributed by atoms with Crippen LogP contribution in [0.3, 0.4) is 0 Å². The summed E-state index contributed by atoms with van der Waals surface area (Å²) in [6, 6.07) is 0. The van der Waals surface area contributed by atoms with E-state index < -0.39 is 0 Å². The summed E-state index contributed by atoms with van der Waals surface area (Å²) in [6.07, 6.45) is 4.83. The molecule has 0 N–H and O–H groups in total. The Morgan fingerprint density at radius 2 is 1.73 bits per heavy atom. The van der Waals surface area contributed by atoms with E-state index in [1.54, 1.807) is 5.57 Å². The molecule has 0 heteroatoms. The van der Waals surface area contributed by atoms with Gasteiger partial charge in [0.15, 0.2) is 0 Å². The minimum Gasteiger partial charge on any atom is -0.100 e. The van der Waals surface area contributed by atoms with Gasteiger partial charge >= 0.3 is 0 Å². The Bertz CT molecular complexity index is 220. The second-order valence-electron chi connectivity index (χ2n) is 5.27. The highest BCUT2D eigenvalue weighted by Crippen LogP contribution is 2.27. The predicted molar refractivity (Wildman–Crippen MR) is 71.0 cm³/mol. The van der Waals surface area contributed by atoms with Gasteiger partial charge in [-0.2, -0.15) is 0 Å². The third kappa shape index (κ3) is 5.81. The molecule has 0 aliphatic heterocycles. The fourth-order valence-corrected chi connectivity index (χ4v) is 2.01. The summed E-state index contributed by atoms with van der Waals surface area (Å²) < 4.78 is 0. The van der Waals surface area contributed by atoms with E-state index in [-0.39, 0.29) is 0 Å². The third-order valence-corrected chi connectivity index (χ3v) is 3.01. The summed E-state index contributed by atoms with van der Waals surface area (Å²) in [7, 11) is 0. The number of hydrogen-bond acceptors (Lipinski definition) is 0. The average Bonchev–Trinajstić information content (AvgIpc) is 2.11. The van der Waals surface area contributed by atoms with Crippen molar-refractivity contribution in [2.45, 2.75) is 54.4 Å². The SMILES string of the molecule is C=C(C)CC(C)C(=CC(C)CC)C(C)C. The van der Waals surface area contributed by atoms with Gasteiger partial charge in [0.2, 0.25) is 0 Å². The van der Waals surface area contributed by atoms with Crippen molar-refractivity contribution in [3.05, 3.63) is 23.8 Å². The third-order valence-electron chi connectivity index (χ3n) is 3.01. The molecule has 0 rings (SSSR count). The van der Waals surface area contributed by atoms with E-state index in [9.17, 15) is 0 Å². The second kappa shape index (κ2) is 6.87. The van der Waals surface area contributed by atoms with Crippen LogP contribution in [0.25, 0.3) is 0 Å². The first-order chi connectivity index (χ1) is 6.88. The molecule has 0 saturated carbocycles. The Balaban J connectivity index is 4.65. The number of rotatable bonds is 6. The first-order valence-electron chi connectivity index (χ1n) is 6.24. The summed E-state index contributed by atoms with van der Waals surface area (Å²) in [5, 5.41) is 0. The maximum Gasteiger partial charge on any atom is -0.0192 e. The molecule has 0 amide bonds. The smallest absolute Gasteiger partial charge is 0.0192 e. The second-order valence-corrected chi connectivity index (χ2v) is 5.27. The molecule has 0 nitrogen and oxygen atoms in total. The molecule has 0 spiro atoms. The molecule has 0 fully saturated rings. The van der Waals surface area contributed by atoms with Crippen molar-refractivity contribution in [1.29, 1.82) is 0 Å². The molecule has 15 heavy (non-hydrogen) atoms. The van der Waals surface area contributed by atoms with Crippen molar-refractivity contribution in [3.8, 4) is 0 Å². The Labute approximate surface area is 96.5 Å². The Hall–Kier alpha value is -0.520. The zero-order valence-electron chi connectivity index (χ0n) is 11.4. The molecule has 0 aromatic carbocycles. The van der Waals surface area contributed by atoms with Crippen LogP contribution in [0, 0.1) is 17.8 Å². The Kier molecular flexibility index (Phi) is 6.63. The van der Waals surface area contributed by atoms with E-state index in [1.165, 1.54) is 12.0 Å². The molecule has 88 valence electrons. The maximum atomic E-state index is 4.01. The molecule has 2 atom stereocenters. The maximum absolute atomic E-state index is 4.01. The van der Waals surface area contributed by atoms with Crippen LogP contribution in [-0.4, -0.2) is 0 Å². The summed E-state index contributed by atoms with van der Waals surface area (Å²) >= 11 is 0. The highest BCUT2D eigenvalue weighted by molar-refractivity contribution is 5.12. The van der Waals surface area contributed by atoms with Crippen molar-refractivity contribution in [2.24, 2.45) is 17.8 Å². The van der Waals surface area contributed by atoms with Crippen LogP contribution in [0.5, 0.6) is 0 Å². The highest BCUT2D eigenvalue weighted by atomic mass is 14.2. The quantitative estimate of drug-likeness (QED) is 0.525. The highest BCUT2D eigenvalue weighted by Gasteiger charge is 2.13. The van der Waals surface area contributed by atoms with E-state index in [0.717, 1.165) is 6.42 Å². The average molecular weight is 208 g/mol. The molecule has 2 unspecified atom stereocenters. The number of allylic oxidation sites excluding steroid dienone is 3. The monoisotopic (exact) mass is 208 g/mol. The van der Waals surface area contributed by atoms with Crippen molar-refractivity contribution in [1.82, 2.24) is 0 Å². The minimum absolute atomic E-state index is 0.650. The van der Waals surface area contributed by atoms with Gasteiger partial charge in [0.1, 0.15) is 0 Å². The fraction of sp³-hybridized carbons (Fsp3) is 0.733. The first-order valence-corrected chi connectivity index (χ1v) is 6.24. The van der Waals surface area contributed by atoms with Gasteiger partial charge in [-0.3, -0.25) is 0 Å². The summed E-state index contributed by atoms with van der Waals surface area (Å²) in [4.78, 5) is 0. The molecular weight excluding hydrogens is 180 g/mol. The van der Waals surface area contributed by atoms with Crippen LogP contribution in [0.1, 0.15) is 54.4 Å². The summed E-state index contributed by atoms with van der Waals surface area (Å²) in [5.74, 6) is 2.01. The molecule has 0 bridgehead atoms. The van der Waals surface area contributed by atoms with Gasteiger partial charge in [0.25, 0.3) is 0 Å². The first kappa shape index (κ1) is 14.5. The van der Waals surface area contributed by atoms with Gasteiger partial charge < -0.3 is 0 Å². The molecule has 0 aliphatic carbocycles. The zero-order valence-corrected chi connectivity index (χ0v) is 11.4. The van der Waals surface area contributed by atoms with Crippen molar-refractivity contribution < 1.29 is 0 Å². The molecule has 0 aliphatic rings. The van der Waals surface area contributed by atoms with E-state index in [2.05, 4.69) is 54.2 Å². The largest absolute Gasteiger partial charge is 0.100 e. The van der Waals surface area contributed by atoms with Crippen LogP contribution in [0.15, 0.2) is 23.8 Å². The van der Waals surface area contributed by atoms with Crippen LogP contribution in [-0.2, 0) is 0 Å². The number of hydrogen-bond donors (Lipinski definition) is 0. The van der Waals surface area contributed by atoms with E-state index in [4.69, 9.17) is 0 Å². The van der Waals surface area contributed by atoms with Crippen LogP contribution < -0.4 is 0 Å². The lowest BCUT2D eigenvalue weighted by molar-refractivity contribution is 0.558. The fourth-order valence-electron chi connectivity index (χ4n) is 2.01. The molecule has 0 heterocycles. The van der Waals surface area contributed by atoms with Gasteiger partial charge in [-0.15, -0.1) is 6.58 Å². The predicted octanol–water partition coefficient (Wildman–Crippen LogP) is 5.22. The minimum atomic E-state index is 0.650. The van der Waals surface area contributed by atoms with Crippen LogP contribution in [0.4, 0.5) is 0 Å². The molecule has 0 aromatic rings. The van der Waals surface area contributed by atoms with E-state index in [1.807, 2.05) is 0 Å². The molecule has 0 radical (unpaired) electrons. The van der Waals surface area contributed by atoms with Crippen LogP contribution >= 0.6 is 0 Å². The Morgan fingerprint density at radius 3 is 2.07 bits per heavy atom.